The third-order valence-electron chi connectivity index (χ3n) is 3.20. The summed E-state index contributed by atoms with van der Waals surface area (Å²) in [5.74, 6) is -0.326. The van der Waals surface area contributed by atoms with Gasteiger partial charge >= 0.3 is 5.97 Å². The van der Waals surface area contributed by atoms with Gasteiger partial charge in [0.05, 0.1) is 26.7 Å². The Morgan fingerprint density at radius 1 is 1.09 bits per heavy atom. The molecule has 1 rings (SSSR count). The molecule has 0 heterocycles. The highest BCUT2D eigenvalue weighted by atomic mass is 16.5. The van der Waals surface area contributed by atoms with E-state index >= 15 is 0 Å². The predicted molar refractivity (Wildman–Crippen MR) is 79.8 cm³/mol. The standard InChI is InChI=1S/C15H21NO6/c1-15(2,14(18)19)8-16-13(17)9-6-10(20-3)12(22-5)11(7-9)21-4/h6-7H,8H2,1-5H3,(H,16,17)(H,18,19). The monoisotopic (exact) mass is 311 g/mol. The lowest BCUT2D eigenvalue weighted by molar-refractivity contribution is -0.146. The number of hydrogen-bond donors (Lipinski definition) is 2. The van der Waals surface area contributed by atoms with Crippen LogP contribution in [-0.4, -0.2) is 44.9 Å². The molecule has 7 heteroatoms. The average Bonchev–Trinajstić information content (AvgIpc) is 2.50. The molecule has 0 aliphatic rings. The topological polar surface area (TPSA) is 94.1 Å². The molecule has 0 aromatic heterocycles. The van der Waals surface area contributed by atoms with Gasteiger partial charge in [0.1, 0.15) is 0 Å². The van der Waals surface area contributed by atoms with Gasteiger partial charge in [-0.2, -0.15) is 0 Å². The lowest BCUT2D eigenvalue weighted by atomic mass is 9.94. The maximum absolute atomic E-state index is 12.2. The van der Waals surface area contributed by atoms with Crippen LogP contribution < -0.4 is 19.5 Å². The van der Waals surface area contributed by atoms with Gasteiger partial charge in [-0.05, 0) is 26.0 Å². The van der Waals surface area contributed by atoms with Crippen LogP contribution in [0.3, 0.4) is 0 Å². The molecule has 0 spiro atoms. The maximum atomic E-state index is 12.2. The van der Waals surface area contributed by atoms with Crippen LogP contribution in [0.1, 0.15) is 24.2 Å². The van der Waals surface area contributed by atoms with Gasteiger partial charge in [0, 0.05) is 12.1 Å². The number of benzene rings is 1. The molecule has 0 aliphatic carbocycles. The van der Waals surface area contributed by atoms with E-state index in [0.29, 0.717) is 17.2 Å². The van der Waals surface area contributed by atoms with Crippen LogP contribution in [0.25, 0.3) is 0 Å². The van der Waals surface area contributed by atoms with Gasteiger partial charge in [-0.3, -0.25) is 9.59 Å². The number of hydrogen-bond acceptors (Lipinski definition) is 5. The van der Waals surface area contributed by atoms with Crippen molar-refractivity contribution in [2.24, 2.45) is 5.41 Å². The van der Waals surface area contributed by atoms with Gasteiger partial charge < -0.3 is 24.6 Å². The number of amides is 1. The largest absolute Gasteiger partial charge is 0.493 e. The molecule has 1 aromatic rings. The lowest BCUT2D eigenvalue weighted by Crippen LogP contribution is -2.38. The average molecular weight is 311 g/mol. The highest BCUT2D eigenvalue weighted by Gasteiger charge is 2.28. The van der Waals surface area contributed by atoms with Crippen molar-refractivity contribution in [1.82, 2.24) is 5.32 Å². The SMILES string of the molecule is COc1cc(C(=O)NCC(C)(C)C(=O)O)cc(OC)c1OC. The van der Waals surface area contributed by atoms with Gasteiger partial charge in [0.15, 0.2) is 11.5 Å². The molecule has 7 nitrogen and oxygen atoms in total. The summed E-state index contributed by atoms with van der Waals surface area (Å²) < 4.78 is 15.5. The third kappa shape index (κ3) is 3.81. The van der Waals surface area contributed by atoms with E-state index < -0.39 is 17.3 Å². The molecule has 0 bridgehead atoms. The Morgan fingerprint density at radius 2 is 1.59 bits per heavy atom. The van der Waals surface area contributed by atoms with Crippen molar-refractivity contribution in [3.63, 3.8) is 0 Å². The van der Waals surface area contributed by atoms with Crippen molar-refractivity contribution in [3.8, 4) is 17.2 Å². The second kappa shape index (κ2) is 7.02. The first-order chi connectivity index (χ1) is 10.3. The van der Waals surface area contributed by atoms with Gasteiger partial charge in [0.25, 0.3) is 5.91 Å². The Bertz CT molecular complexity index is 542. The molecule has 1 aromatic carbocycles. The van der Waals surface area contributed by atoms with E-state index in [1.54, 1.807) is 0 Å². The normalized spacial score (nSPS) is 10.8. The molecule has 122 valence electrons. The predicted octanol–water partition coefficient (Wildman–Crippen LogP) is 1.55. The summed E-state index contributed by atoms with van der Waals surface area (Å²) in [4.78, 5) is 23.2. The van der Waals surface area contributed by atoms with Crippen LogP contribution >= 0.6 is 0 Å². The van der Waals surface area contributed by atoms with Crippen LogP contribution in [0, 0.1) is 5.41 Å². The molecule has 22 heavy (non-hydrogen) atoms. The Balaban J connectivity index is 3.01. The quantitative estimate of drug-likeness (QED) is 0.793. The molecular weight excluding hydrogens is 290 g/mol. The smallest absolute Gasteiger partial charge is 0.310 e. The maximum Gasteiger partial charge on any atom is 0.310 e. The zero-order valence-electron chi connectivity index (χ0n) is 13.4. The fourth-order valence-electron chi connectivity index (χ4n) is 1.69. The number of nitrogens with one attached hydrogen (secondary N) is 1. The summed E-state index contributed by atoms with van der Waals surface area (Å²) >= 11 is 0. The molecular formula is C15H21NO6. The van der Waals surface area contributed by atoms with E-state index in [9.17, 15) is 9.59 Å². The summed E-state index contributed by atoms with van der Waals surface area (Å²) in [5.41, 5.74) is -0.772. The van der Waals surface area contributed by atoms with Crippen molar-refractivity contribution < 1.29 is 28.9 Å². The summed E-state index contributed by atoms with van der Waals surface area (Å²) in [6.45, 7) is 3.06. The molecule has 2 N–H and O–H groups in total. The van der Waals surface area contributed by atoms with Crippen molar-refractivity contribution in [1.29, 1.82) is 0 Å². The van der Waals surface area contributed by atoms with Crippen LogP contribution in [-0.2, 0) is 4.79 Å². The van der Waals surface area contributed by atoms with Crippen molar-refractivity contribution in [2.45, 2.75) is 13.8 Å². The van der Waals surface area contributed by atoms with Crippen molar-refractivity contribution >= 4 is 11.9 Å². The van der Waals surface area contributed by atoms with Crippen LogP contribution in [0.5, 0.6) is 17.2 Å². The third-order valence-corrected chi connectivity index (χ3v) is 3.20. The fraction of sp³-hybridized carbons (Fsp3) is 0.467. The Kier molecular flexibility index (Phi) is 5.62. The van der Waals surface area contributed by atoms with Crippen LogP contribution in [0.4, 0.5) is 0 Å². The molecule has 1 amide bonds. The minimum Gasteiger partial charge on any atom is -0.493 e. The Morgan fingerprint density at radius 3 is 1.95 bits per heavy atom. The number of rotatable bonds is 7. The van der Waals surface area contributed by atoms with E-state index in [0.717, 1.165) is 0 Å². The summed E-state index contributed by atoms with van der Waals surface area (Å²) in [6.07, 6.45) is 0. The van der Waals surface area contributed by atoms with Gasteiger partial charge in [0.2, 0.25) is 5.75 Å². The van der Waals surface area contributed by atoms with E-state index in [4.69, 9.17) is 19.3 Å². The minimum atomic E-state index is -1.06. The van der Waals surface area contributed by atoms with Crippen LogP contribution in [0.15, 0.2) is 12.1 Å². The Labute approximate surface area is 129 Å². The second-order valence-electron chi connectivity index (χ2n) is 5.29. The van der Waals surface area contributed by atoms with Gasteiger partial charge in [-0.1, -0.05) is 0 Å². The summed E-state index contributed by atoms with van der Waals surface area (Å²) in [7, 11) is 4.37. The summed E-state index contributed by atoms with van der Waals surface area (Å²) in [5, 5.41) is 11.6. The molecule has 0 saturated heterocycles. The molecule has 0 saturated carbocycles. The molecule has 0 fully saturated rings. The van der Waals surface area contributed by atoms with Crippen LogP contribution in [0.2, 0.25) is 0 Å². The van der Waals surface area contributed by atoms with E-state index in [1.807, 2.05) is 0 Å². The highest BCUT2D eigenvalue weighted by Crippen LogP contribution is 2.38. The minimum absolute atomic E-state index is 0.00216. The molecule has 0 atom stereocenters. The van der Waals surface area contributed by atoms with E-state index in [2.05, 4.69) is 5.32 Å². The van der Waals surface area contributed by atoms with E-state index in [1.165, 1.54) is 47.3 Å². The number of carbonyl (C=O) groups excluding carboxylic acids is 1. The first kappa shape index (κ1) is 17.6. The van der Waals surface area contributed by atoms with Crippen molar-refractivity contribution in [3.05, 3.63) is 17.7 Å². The number of carboxylic acids is 1. The number of carbonyl (C=O) groups is 2. The number of methoxy groups -OCH3 is 3. The second-order valence-corrected chi connectivity index (χ2v) is 5.29. The number of carboxylic acid groups (broad SMARTS) is 1. The summed E-state index contributed by atoms with van der Waals surface area (Å²) in [6, 6.07) is 3.01. The molecule has 0 unspecified atom stereocenters. The number of aliphatic carboxylic acids is 1. The zero-order chi connectivity index (χ0) is 16.9. The fourth-order valence-corrected chi connectivity index (χ4v) is 1.69. The first-order valence-electron chi connectivity index (χ1n) is 6.58. The zero-order valence-corrected chi connectivity index (χ0v) is 13.4. The number of ether oxygens (including phenoxy) is 3. The van der Waals surface area contributed by atoms with Gasteiger partial charge in [-0.15, -0.1) is 0 Å². The molecule has 0 aliphatic heterocycles. The van der Waals surface area contributed by atoms with Crippen molar-refractivity contribution in [2.75, 3.05) is 27.9 Å². The first-order valence-corrected chi connectivity index (χ1v) is 6.58. The van der Waals surface area contributed by atoms with Gasteiger partial charge in [-0.25, -0.2) is 0 Å². The highest BCUT2D eigenvalue weighted by molar-refractivity contribution is 5.96. The lowest BCUT2D eigenvalue weighted by Gasteiger charge is -2.20. The molecule has 0 radical (unpaired) electrons. The Hall–Kier alpha value is -2.44. The van der Waals surface area contributed by atoms with E-state index in [-0.39, 0.29) is 12.1 Å².